The van der Waals surface area contributed by atoms with Gasteiger partial charge in [0.05, 0.1) is 16.3 Å². The van der Waals surface area contributed by atoms with Gasteiger partial charge >= 0.3 is 0 Å². The van der Waals surface area contributed by atoms with Crippen molar-refractivity contribution in [3.05, 3.63) is 64.7 Å². The Morgan fingerprint density at radius 3 is 2.81 bits per heavy atom. The van der Waals surface area contributed by atoms with Gasteiger partial charge in [0.2, 0.25) is 0 Å². The van der Waals surface area contributed by atoms with E-state index in [-0.39, 0.29) is 6.04 Å². The van der Waals surface area contributed by atoms with Gasteiger partial charge in [-0.15, -0.1) is 11.3 Å². The molecule has 1 aliphatic carbocycles. The summed E-state index contributed by atoms with van der Waals surface area (Å²) >= 11 is 1.71. The minimum Gasteiger partial charge on any atom is -0.322 e. The molecule has 0 aliphatic heterocycles. The number of thiazole rings is 1. The number of para-hydroxylation sites is 1. The molecule has 1 saturated carbocycles. The molecule has 4 rings (SSSR count). The van der Waals surface area contributed by atoms with Crippen molar-refractivity contribution < 1.29 is 0 Å². The molecular weight excluding hydrogens is 276 g/mol. The van der Waals surface area contributed by atoms with E-state index < -0.39 is 0 Å². The Bertz CT molecular complexity index is 740. The number of benzene rings is 2. The van der Waals surface area contributed by atoms with Crippen molar-refractivity contribution in [3.63, 3.8) is 0 Å². The predicted octanol–water partition coefficient (Wildman–Crippen LogP) is 4.42. The molecule has 0 bridgehead atoms. The second-order valence-electron chi connectivity index (χ2n) is 5.85. The second-order valence-corrected chi connectivity index (χ2v) is 6.91. The van der Waals surface area contributed by atoms with E-state index in [1.807, 2.05) is 6.07 Å². The van der Waals surface area contributed by atoms with Crippen LogP contribution in [0.15, 0.2) is 48.5 Å². The molecule has 2 N–H and O–H groups in total. The lowest BCUT2D eigenvalue weighted by molar-refractivity contribution is 0.716. The third-order valence-corrected chi connectivity index (χ3v) is 5.25. The van der Waals surface area contributed by atoms with Gasteiger partial charge in [-0.3, -0.25) is 0 Å². The Hall–Kier alpha value is -1.71. The van der Waals surface area contributed by atoms with E-state index in [4.69, 9.17) is 5.73 Å². The highest BCUT2D eigenvalue weighted by molar-refractivity contribution is 7.18. The van der Waals surface area contributed by atoms with Gasteiger partial charge in [0, 0.05) is 0 Å². The molecule has 1 unspecified atom stereocenters. The van der Waals surface area contributed by atoms with Crippen molar-refractivity contribution in [2.45, 2.75) is 31.2 Å². The molecule has 21 heavy (non-hydrogen) atoms. The highest BCUT2D eigenvalue weighted by Gasteiger charge is 2.23. The maximum atomic E-state index is 6.38. The van der Waals surface area contributed by atoms with Crippen molar-refractivity contribution in [3.8, 4) is 0 Å². The molecule has 3 heteroatoms. The molecule has 1 fully saturated rings. The van der Waals surface area contributed by atoms with Crippen molar-refractivity contribution in [1.29, 1.82) is 0 Å². The van der Waals surface area contributed by atoms with Crippen LogP contribution in [0.4, 0.5) is 0 Å². The molecule has 0 saturated heterocycles. The average Bonchev–Trinajstić information content (AvgIpc) is 3.26. The van der Waals surface area contributed by atoms with Crippen LogP contribution in [-0.2, 0) is 6.42 Å². The van der Waals surface area contributed by atoms with Crippen molar-refractivity contribution in [2.75, 3.05) is 0 Å². The first kappa shape index (κ1) is 13.0. The lowest BCUT2D eigenvalue weighted by Crippen LogP contribution is -2.13. The van der Waals surface area contributed by atoms with Crippen LogP contribution in [0.5, 0.6) is 0 Å². The maximum Gasteiger partial charge on any atom is 0.111 e. The highest BCUT2D eigenvalue weighted by atomic mass is 32.1. The van der Waals surface area contributed by atoms with Crippen LogP contribution in [0, 0.1) is 0 Å². The summed E-state index contributed by atoms with van der Waals surface area (Å²) in [6.45, 7) is 0. The molecule has 2 aromatic carbocycles. The molecule has 0 spiro atoms. The SMILES string of the molecule is NC(Cc1cccc(C2CC2)c1)c1nc2ccccc2s1. The van der Waals surface area contributed by atoms with E-state index in [0.29, 0.717) is 0 Å². The number of aromatic nitrogens is 1. The number of nitrogens with zero attached hydrogens (tertiary/aromatic N) is 1. The average molecular weight is 294 g/mol. The van der Waals surface area contributed by atoms with Gasteiger partial charge in [-0.2, -0.15) is 0 Å². The van der Waals surface area contributed by atoms with Gasteiger partial charge in [0.25, 0.3) is 0 Å². The van der Waals surface area contributed by atoms with E-state index in [0.717, 1.165) is 22.9 Å². The summed E-state index contributed by atoms with van der Waals surface area (Å²) in [7, 11) is 0. The van der Waals surface area contributed by atoms with Crippen LogP contribution in [0.2, 0.25) is 0 Å². The topological polar surface area (TPSA) is 38.9 Å². The first-order chi connectivity index (χ1) is 10.3. The fourth-order valence-corrected chi connectivity index (χ4v) is 3.75. The zero-order valence-corrected chi connectivity index (χ0v) is 12.6. The number of hydrogen-bond acceptors (Lipinski definition) is 3. The lowest BCUT2D eigenvalue weighted by atomic mass is 10.0. The number of nitrogens with two attached hydrogens (primary N) is 1. The van der Waals surface area contributed by atoms with E-state index in [2.05, 4.69) is 47.4 Å². The van der Waals surface area contributed by atoms with Gasteiger partial charge in [-0.1, -0.05) is 36.4 Å². The third kappa shape index (κ3) is 2.71. The predicted molar refractivity (Wildman–Crippen MR) is 88.7 cm³/mol. The molecule has 3 aromatic rings. The van der Waals surface area contributed by atoms with Gasteiger partial charge in [-0.25, -0.2) is 4.98 Å². The summed E-state index contributed by atoms with van der Waals surface area (Å²) in [5, 5.41) is 1.04. The van der Waals surface area contributed by atoms with Gasteiger partial charge in [-0.05, 0) is 48.4 Å². The summed E-state index contributed by atoms with van der Waals surface area (Å²) in [6.07, 6.45) is 3.54. The molecule has 106 valence electrons. The fourth-order valence-electron chi connectivity index (χ4n) is 2.78. The Morgan fingerprint density at radius 2 is 2.00 bits per heavy atom. The summed E-state index contributed by atoms with van der Waals surface area (Å²) in [6, 6.07) is 17.1. The number of rotatable bonds is 4. The molecule has 1 aliphatic rings. The van der Waals surface area contributed by atoms with Crippen LogP contribution in [0.1, 0.15) is 40.9 Å². The van der Waals surface area contributed by atoms with Gasteiger partial charge < -0.3 is 5.73 Å². The van der Waals surface area contributed by atoms with Crippen LogP contribution in [0.25, 0.3) is 10.2 Å². The van der Waals surface area contributed by atoms with Crippen LogP contribution in [0.3, 0.4) is 0 Å². The van der Waals surface area contributed by atoms with E-state index in [1.165, 1.54) is 28.7 Å². The van der Waals surface area contributed by atoms with Crippen LogP contribution < -0.4 is 5.73 Å². The van der Waals surface area contributed by atoms with Crippen molar-refractivity contribution in [1.82, 2.24) is 4.98 Å². The molecule has 1 atom stereocenters. The van der Waals surface area contributed by atoms with Crippen molar-refractivity contribution >= 4 is 21.6 Å². The first-order valence-electron chi connectivity index (χ1n) is 7.49. The van der Waals surface area contributed by atoms with Gasteiger partial charge in [0.1, 0.15) is 5.01 Å². The summed E-state index contributed by atoms with van der Waals surface area (Å²) in [4.78, 5) is 4.67. The van der Waals surface area contributed by atoms with E-state index in [1.54, 1.807) is 11.3 Å². The molecular formula is C18H18N2S. The largest absolute Gasteiger partial charge is 0.322 e. The highest BCUT2D eigenvalue weighted by Crippen LogP contribution is 2.40. The Balaban J connectivity index is 1.56. The smallest absolute Gasteiger partial charge is 0.111 e. The van der Waals surface area contributed by atoms with E-state index in [9.17, 15) is 0 Å². The molecule has 1 aromatic heterocycles. The minimum absolute atomic E-state index is 0.0168. The molecule has 0 radical (unpaired) electrons. The Labute approximate surface area is 128 Å². The second kappa shape index (κ2) is 5.24. The normalized spacial score (nSPS) is 16.2. The van der Waals surface area contributed by atoms with E-state index >= 15 is 0 Å². The first-order valence-corrected chi connectivity index (χ1v) is 8.31. The fraction of sp³-hybridized carbons (Fsp3) is 0.278. The van der Waals surface area contributed by atoms with Gasteiger partial charge in [0.15, 0.2) is 0 Å². The standard InChI is InChI=1S/C18H18N2S/c19-15(18-20-16-6-1-2-7-17(16)21-18)11-12-4-3-5-14(10-12)13-8-9-13/h1-7,10,13,15H,8-9,11,19H2. The zero-order valence-electron chi connectivity index (χ0n) is 11.8. The van der Waals surface area contributed by atoms with Crippen LogP contribution in [-0.4, -0.2) is 4.98 Å². The lowest BCUT2D eigenvalue weighted by Gasteiger charge is -2.09. The van der Waals surface area contributed by atoms with Crippen molar-refractivity contribution in [2.24, 2.45) is 5.73 Å². The van der Waals surface area contributed by atoms with Crippen LogP contribution >= 0.6 is 11.3 Å². The maximum absolute atomic E-state index is 6.38. The minimum atomic E-state index is -0.0168. The zero-order chi connectivity index (χ0) is 14.2. The number of fused-ring (bicyclic) bond motifs is 1. The Kier molecular flexibility index (Phi) is 3.24. The summed E-state index contributed by atoms with van der Waals surface area (Å²) in [5.41, 5.74) is 10.2. The molecule has 2 nitrogen and oxygen atoms in total. The number of hydrogen-bond donors (Lipinski definition) is 1. The third-order valence-electron chi connectivity index (χ3n) is 4.08. The monoisotopic (exact) mass is 294 g/mol. The quantitative estimate of drug-likeness (QED) is 0.773. The summed E-state index contributed by atoms with van der Waals surface area (Å²) in [5.74, 6) is 0.795. The molecule has 0 amide bonds. The molecule has 1 heterocycles. The Morgan fingerprint density at radius 1 is 1.14 bits per heavy atom. The summed E-state index contributed by atoms with van der Waals surface area (Å²) < 4.78 is 1.22.